The molecule has 0 unspecified atom stereocenters. The first-order chi connectivity index (χ1) is 10.7. The molecule has 1 N–H and O–H groups in total. The van der Waals surface area contributed by atoms with Gasteiger partial charge in [-0.15, -0.1) is 0 Å². The van der Waals surface area contributed by atoms with Crippen molar-refractivity contribution >= 4 is 27.5 Å². The Balaban J connectivity index is 1.88. The predicted octanol–water partition coefficient (Wildman–Crippen LogP) is 1.65. The van der Waals surface area contributed by atoms with Crippen molar-refractivity contribution in [1.82, 2.24) is 9.62 Å². The average molecular weight is 361 g/mol. The van der Waals surface area contributed by atoms with Crippen LogP contribution < -0.4 is 4.72 Å². The number of hydrogen-bond acceptors (Lipinski definition) is 4. The lowest BCUT2D eigenvalue weighted by Crippen LogP contribution is -2.51. The molecule has 1 aromatic carbocycles. The van der Waals surface area contributed by atoms with E-state index in [-0.39, 0.29) is 29.4 Å². The third kappa shape index (κ3) is 5.17. The van der Waals surface area contributed by atoms with Crippen LogP contribution in [-0.4, -0.2) is 51.1 Å². The van der Waals surface area contributed by atoms with Crippen LogP contribution in [0.4, 0.5) is 0 Å². The predicted molar refractivity (Wildman–Crippen MR) is 87.9 cm³/mol. The van der Waals surface area contributed by atoms with Gasteiger partial charge >= 0.3 is 0 Å². The highest BCUT2D eigenvalue weighted by molar-refractivity contribution is 7.89. The van der Waals surface area contributed by atoms with Gasteiger partial charge in [-0.05, 0) is 32.0 Å². The largest absolute Gasteiger partial charge is 0.372 e. The fraction of sp³-hybridized carbons (Fsp3) is 0.533. The topological polar surface area (TPSA) is 75.7 Å². The first-order valence-electron chi connectivity index (χ1n) is 7.37. The quantitative estimate of drug-likeness (QED) is 0.866. The second-order valence-electron chi connectivity index (χ2n) is 6.03. The summed E-state index contributed by atoms with van der Waals surface area (Å²) in [5, 5.41) is 0.347. The van der Waals surface area contributed by atoms with Crippen LogP contribution in [0.3, 0.4) is 0 Å². The second kappa shape index (κ2) is 7.17. The molecule has 128 valence electrons. The van der Waals surface area contributed by atoms with Crippen LogP contribution in [0.15, 0.2) is 29.2 Å². The molecule has 0 bridgehead atoms. The van der Waals surface area contributed by atoms with Crippen molar-refractivity contribution in [2.75, 3.05) is 26.2 Å². The third-order valence-corrected chi connectivity index (χ3v) is 5.21. The fourth-order valence-electron chi connectivity index (χ4n) is 2.40. The summed E-state index contributed by atoms with van der Waals surface area (Å²) in [5.41, 5.74) is -0.367. The van der Waals surface area contributed by atoms with E-state index in [0.29, 0.717) is 24.7 Å². The van der Waals surface area contributed by atoms with Gasteiger partial charge in [-0.1, -0.05) is 17.7 Å². The van der Waals surface area contributed by atoms with Crippen molar-refractivity contribution in [3.05, 3.63) is 29.3 Å². The smallest absolute Gasteiger partial charge is 0.240 e. The molecule has 1 saturated heterocycles. The van der Waals surface area contributed by atoms with Gasteiger partial charge in [0.2, 0.25) is 15.9 Å². The third-order valence-electron chi connectivity index (χ3n) is 3.52. The molecule has 1 aliphatic heterocycles. The van der Waals surface area contributed by atoms with Crippen molar-refractivity contribution in [2.24, 2.45) is 0 Å². The Morgan fingerprint density at radius 1 is 1.43 bits per heavy atom. The van der Waals surface area contributed by atoms with Gasteiger partial charge in [0.1, 0.15) is 0 Å². The molecule has 0 spiro atoms. The lowest BCUT2D eigenvalue weighted by molar-refractivity contribution is -0.145. The minimum absolute atomic E-state index is 0.0471. The number of amides is 1. The normalized spacial score (nSPS) is 18.0. The van der Waals surface area contributed by atoms with Gasteiger partial charge in [-0.3, -0.25) is 4.79 Å². The maximum Gasteiger partial charge on any atom is 0.240 e. The molecular formula is C15H21ClN2O4S. The summed E-state index contributed by atoms with van der Waals surface area (Å²) in [5.74, 6) is -0.0878. The van der Waals surface area contributed by atoms with E-state index in [2.05, 4.69) is 4.72 Å². The summed E-state index contributed by atoms with van der Waals surface area (Å²) >= 11 is 5.80. The van der Waals surface area contributed by atoms with Crippen molar-refractivity contribution in [1.29, 1.82) is 0 Å². The van der Waals surface area contributed by atoms with Crippen LogP contribution in [0.1, 0.15) is 20.3 Å². The number of rotatable bonds is 5. The highest BCUT2D eigenvalue weighted by atomic mass is 35.5. The van der Waals surface area contributed by atoms with Crippen molar-refractivity contribution in [2.45, 2.75) is 30.8 Å². The zero-order valence-electron chi connectivity index (χ0n) is 13.2. The number of carbonyl (C=O) groups excluding carboxylic acids is 1. The molecule has 1 amide bonds. The molecule has 1 aliphatic rings. The Kier molecular flexibility index (Phi) is 5.67. The Hall–Kier alpha value is -1.15. The Labute approximate surface area is 141 Å². The van der Waals surface area contributed by atoms with Crippen LogP contribution in [0.2, 0.25) is 5.02 Å². The first-order valence-corrected chi connectivity index (χ1v) is 9.23. The zero-order chi connectivity index (χ0) is 17.1. The molecule has 6 nitrogen and oxygen atoms in total. The molecule has 1 fully saturated rings. The minimum Gasteiger partial charge on any atom is -0.372 e. The molecule has 8 heteroatoms. The maximum atomic E-state index is 12.2. The Morgan fingerprint density at radius 3 is 2.83 bits per heavy atom. The van der Waals surface area contributed by atoms with Crippen molar-refractivity contribution in [3.63, 3.8) is 0 Å². The number of hydrogen-bond donors (Lipinski definition) is 1. The summed E-state index contributed by atoms with van der Waals surface area (Å²) in [7, 11) is -3.66. The van der Waals surface area contributed by atoms with Gasteiger partial charge in [-0.25, -0.2) is 13.1 Å². The standard InChI is InChI=1S/C15H21ClN2O4S/c1-15(2)11-18(8-9-22-15)14(19)6-7-17-23(20,21)13-5-3-4-12(16)10-13/h3-5,10,17H,6-9,11H2,1-2H3. The summed E-state index contributed by atoms with van der Waals surface area (Å²) < 4.78 is 32.2. The lowest BCUT2D eigenvalue weighted by Gasteiger charge is -2.38. The van der Waals surface area contributed by atoms with Crippen LogP contribution in [0, 0.1) is 0 Å². The average Bonchev–Trinajstić information content (AvgIpc) is 2.46. The molecule has 1 heterocycles. The van der Waals surface area contributed by atoms with E-state index in [1.807, 2.05) is 13.8 Å². The second-order valence-corrected chi connectivity index (χ2v) is 8.23. The van der Waals surface area contributed by atoms with E-state index in [4.69, 9.17) is 16.3 Å². The highest BCUT2D eigenvalue weighted by Crippen LogP contribution is 2.17. The van der Waals surface area contributed by atoms with Crippen LogP contribution in [0.5, 0.6) is 0 Å². The van der Waals surface area contributed by atoms with Gasteiger partial charge in [0, 0.05) is 31.1 Å². The van der Waals surface area contributed by atoms with E-state index in [1.165, 1.54) is 12.1 Å². The van der Waals surface area contributed by atoms with Crippen LogP contribution in [-0.2, 0) is 19.6 Å². The molecule has 0 aliphatic carbocycles. The highest BCUT2D eigenvalue weighted by Gasteiger charge is 2.29. The number of morpholine rings is 1. The molecule has 0 saturated carbocycles. The molecule has 23 heavy (non-hydrogen) atoms. The van der Waals surface area contributed by atoms with E-state index in [1.54, 1.807) is 17.0 Å². The van der Waals surface area contributed by atoms with Crippen LogP contribution in [0.25, 0.3) is 0 Å². The van der Waals surface area contributed by atoms with Gasteiger partial charge < -0.3 is 9.64 Å². The molecule has 1 aromatic rings. The van der Waals surface area contributed by atoms with Gasteiger partial charge in [0.25, 0.3) is 0 Å². The van der Waals surface area contributed by atoms with Crippen LogP contribution >= 0.6 is 11.6 Å². The van der Waals surface area contributed by atoms with E-state index < -0.39 is 10.0 Å². The van der Waals surface area contributed by atoms with Gasteiger partial charge in [0.05, 0.1) is 17.1 Å². The molecule has 0 radical (unpaired) electrons. The first kappa shape index (κ1) is 18.2. The lowest BCUT2D eigenvalue weighted by atomic mass is 10.1. The van der Waals surface area contributed by atoms with E-state index in [0.717, 1.165) is 0 Å². The van der Waals surface area contributed by atoms with Crippen molar-refractivity contribution in [3.8, 4) is 0 Å². The number of nitrogens with zero attached hydrogens (tertiary/aromatic N) is 1. The summed E-state index contributed by atoms with van der Waals surface area (Å²) in [6.07, 6.45) is 0.107. The fourth-order valence-corrected chi connectivity index (χ4v) is 3.73. The van der Waals surface area contributed by atoms with E-state index in [9.17, 15) is 13.2 Å². The number of halogens is 1. The summed E-state index contributed by atoms with van der Waals surface area (Å²) in [4.78, 5) is 14.0. The number of benzene rings is 1. The number of ether oxygens (including phenoxy) is 1. The van der Waals surface area contributed by atoms with Crippen molar-refractivity contribution < 1.29 is 17.9 Å². The summed E-state index contributed by atoms with van der Waals surface area (Å²) in [6.45, 7) is 5.43. The Morgan fingerprint density at radius 2 is 2.17 bits per heavy atom. The number of sulfonamides is 1. The molecule has 2 rings (SSSR count). The maximum absolute atomic E-state index is 12.2. The SMILES string of the molecule is CC1(C)CN(C(=O)CCNS(=O)(=O)c2cccc(Cl)c2)CCO1. The summed E-state index contributed by atoms with van der Waals surface area (Å²) in [6, 6.07) is 6.00. The number of carbonyl (C=O) groups is 1. The van der Waals surface area contributed by atoms with Gasteiger partial charge in [-0.2, -0.15) is 0 Å². The van der Waals surface area contributed by atoms with Gasteiger partial charge in [0.15, 0.2) is 0 Å². The zero-order valence-corrected chi connectivity index (χ0v) is 14.8. The monoisotopic (exact) mass is 360 g/mol. The molecule has 0 aromatic heterocycles. The Bertz CT molecular complexity index is 676. The minimum atomic E-state index is -3.66. The molecular weight excluding hydrogens is 340 g/mol. The molecule has 0 atom stereocenters. The van der Waals surface area contributed by atoms with E-state index >= 15 is 0 Å². The number of nitrogens with one attached hydrogen (secondary N) is 1.